The second-order valence-electron chi connectivity index (χ2n) is 5.25. The number of carbonyl (C=O) groups excluding carboxylic acids is 1. The number of hydrogen-bond donors (Lipinski definition) is 3. The molecule has 0 aromatic carbocycles. The average Bonchev–Trinajstić information content (AvgIpc) is 2.33. The normalized spacial score (nSPS) is 11.2. The molecule has 0 aliphatic rings. The number of hydrogen-bond acceptors (Lipinski definition) is 5. The van der Waals surface area contributed by atoms with Gasteiger partial charge in [0.15, 0.2) is 0 Å². The third kappa shape index (κ3) is 4.73. The summed E-state index contributed by atoms with van der Waals surface area (Å²) in [6.07, 6.45) is 1.01. The third-order valence-corrected chi connectivity index (χ3v) is 2.77. The molecule has 0 unspecified atom stereocenters. The zero-order chi connectivity index (χ0) is 14.5. The molecule has 0 bridgehead atoms. The summed E-state index contributed by atoms with van der Waals surface area (Å²) < 4.78 is 0. The summed E-state index contributed by atoms with van der Waals surface area (Å²) in [5.41, 5.74) is 5.59. The van der Waals surface area contributed by atoms with Crippen molar-refractivity contribution in [3.63, 3.8) is 0 Å². The second-order valence-corrected chi connectivity index (χ2v) is 5.25. The number of nitrogens with two attached hydrogens (primary N) is 1. The Morgan fingerprint density at radius 3 is 2.63 bits per heavy atom. The van der Waals surface area contributed by atoms with Crippen LogP contribution in [0.15, 0.2) is 6.07 Å². The smallest absolute Gasteiger partial charge is 0.224 e. The molecule has 0 saturated carbocycles. The van der Waals surface area contributed by atoms with Crippen LogP contribution in [0.3, 0.4) is 0 Å². The SMILES string of the molecule is CCCNc1nc(C)cc(NCC(C)(C)C(N)=O)n1. The predicted octanol–water partition coefficient (Wildman–Crippen LogP) is 1.53. The number of nitrogens with one attached hydrogen (secondary N) is 2. The summed E-state index contributed by atoms with van der Waals surface area (Å²) in [7, 11) is 0. The number of rotatable bonds is 7. The molecule has 6 heteroatoms. The molecule has 0 fully saturated rings. The molecule has 6 nitrogen and oxygen atoms in total. The van der Waals surface area contributed by atoms with Crippen LogP contribution in [0.4, 0.5) is 11.8 Å². The maximum absolute atomic E-state index is 11.3. The molecule has 0 atom stereocenters. The minimum absolute atomic E-state index is 0.338. The van der Waals surface area contributed by atoms with E-state index in [1.165, 1.54) is 0 Å². The van der Waals surface area contributed by atoms with Crippen LogP contribution in [0, 0.1) is 12.3 Å². The Morgan fingerprint density at radius 2 is 2.05 bits per heavy atom. The Morgan fingerprint density at radius 1 is 1.37 bits per heavy atom. The maximum Gasteiger partial charge on any atom is 0.224 e. The van der Waals surface area contributed by atoms with Crippen LogP contribution < -0.4 is 16.4 Å². The van der Waals surface area contributed by atoms with Crippen LogP contribution >= 0.6 is 0 Å². The zero-order valence-electron chi connectivity index (χ0n) is 12.1. The number of amides is 1. The van der Waals surface area contributed by atoms with E-state index in [4.69, 9.17) is 5.73 Å². The Balaban J connectivity index is 2.73. The Labute approximate surface area is 114 Å². The summed E-state index contributed by atoms with van der Waals surface area (Å²) in [4.78, 5) is 19.9. The first-order chi connectivity index (χ1) is 8.85. The van der Waals surface area contributed by atoms with Gasteiger partial charge < -0.3 is 16.4 Å². The van der Waals surface area contributed by atoms with Crippen LogP contribution in [0.2, 0.25) is 0 Å². The van der Waals surface area contributed by atoms with E-state index in [-0.39, 0.29) is 5.91 Å². The van der Waals surface area contributed by atoms with Gasteiger partial charge in [-0.2, -0.15) is 4.98 Å². The highest BCUT2D eigenvalue weighted by atomic mass is 16.1. The number of primary amides is 1. The highest BCUT2D eigenvalue weighted by molar-refractivity contribution is 5.80. The Hall–Kier alpha value is -1.85. The number of carbonyl (C=O) groups is 1. The Kier molecular flexibility index (Phi) is 5.09. The first-order valence-corrected chi connectivity index (χ1v) is 6.48. The lowest BCUT2D eigenvalue weighted by Crippen LogP contribution is -2.37. The van der Waals surface area contributed by atoms with Gasteiger partial charge in [-0.3, -0.25) is 4.79 Å². The summed E-state index contributed by atoms with van der Waals surface area (Å²) in [5, 5.41) is 6.27. The molecule has 106 valence electrons. The molecule has 1 heterocycles. The first-order valence-electron chi connectivity index (χ1n) is 6.48. The number of aryl methyl sites for hydroxylation is 1. The van der Waals surface area contributed by atoms with Crippen LogP contribution in [0.1, 0.15) is 32.9 Å². The van der Waals surface area contributed by atoms with E-state index in [0.29, 0.717) is 18.3 Å². The molecule has 1 aromatic rings. The van der Waals surface area contributed by atoms with Gasteiger partial charge in [0.05, 0.1) is 5.41 Å². The van der Waals surface area contributed by atoms with Crippen molar-refractivity contribution in [2.24, 2.45) is 11.1 Å². The molecule has 4 N–H and O–H groups in total. The van der Waals surface area contributed by atoms with E-state index in [9.17, 15) is 4.79 Å². The minimum Gasteiger partial charge on any atom is -0.369 e. The van der Waals surface area contributed by atoms with Crippen molar-refractivity contribution in [3.05, 3.63) is 11.8 Å². The van der Waals surface area contributed by atoms with Gasteiger partial charge in [-0.05, 0) is 27.2 Å². The fraction of sp³-hybridized carbons (Fsp3) is 0.615. The van der Waals surface area contributed by atoms with E-state index in [1.807, 2.05) is 13.0 Å². The second kappa shape index (κ2) is 6.36. The topological polar surface area (TPSA) is 92.9 Å². The quantitative estimate of drug-likeness (QED) is 0.695. The molecule has 0 aliphatic heterocycles. The monoisotopic (exact) mass is 265 g/mol. The van der Waals surface area contributed by atoms with E-state index in [1.54, 1.807) is 13.8 Å². The molecule has 0 aliphatic carbocycles. The van der Waals surface area contributed by atoms with Crippen molar-refractivity contribution in [3.8, 4) is 0 Å². The van der Waals surface area contributed by atoms with Crippen LogP contribution in [-0.4, -0.2) is 29.0 Å². The highest BCUT2D eigenvalue weighted by Gasteiger charge is 2.24. The van der Waals surface area contributed by atoms with E-state index >= 15 is 0 Å². The largest absolute Gasteiger partial charge is 0.369 e. The summed E-state index contributed by atoms with van der Waals surface area (Å²) in [6, 6.07) is 1.84. The average molecular weight is 265 g/mol. The summed E-state index contributed by atoms with van der Waals surface area (Å²) >= 11 is 0. The van der Waals surface area contributed by atoms with Gasteiger partial charge in [-0.1, -0.05) is 6.92 Å². The minimum atomic E-state index is -0.615. The molecular weight excluding hydrogens is 242 g/mol. The molecule has 1 aromatic heterocycles. The summed E-state index contributed by atoms with van der Waals surface area (Å²) in [6.45, 7) is 8.85. The van der Waals surface area contributed by atoms with Crippen LogP contribution in [-0.2, 0) is 4.79 Å². The van der Waals surface area contributed by atoms with Gasteiger partial charge in [0.25, 0.3) is 0 Å². The lowest BCUT2D eigenvalue weighted by Gasteiger charge is -2.21. The van der Waals surface area contributed by atoms with Gasteiger partial charge in [-0.25, -0.2) is 4.98 Å². The number of anilines is 2. The standard InChI is InChI=1S/C13H23N5O/c1-5-6-15-12-17-9(2)7-10(18-12)16-8-13(3,4)11(14)19/h7H,5-6,8H2,1-4H3,(H2,14,19)(H2,15,16,17,18). The van der Waals surface area contributed by atoms with E-state index in [0.717, 1.165) is 18.7 Å². The van der Waals surface area contributed by atoms with Gasteiger partial charge >= 0.3 is 0 Å². The fourth-order valence-corrected chi connectivity index (χ4v) is 1.37. The van der Waals surface area contributed by atoms with Crippen LogP contribution in [0.5, 0.6) is 0 Å². The third-order valence-electron chi connectivity index (χ3n) is 2.77. The number of aromatic nitrogens is 2. The maximum atomic E-state index is 11.3. The molecule has 1 amide bonds. The highest BCUT2D eigenvalue weighted by Crippen LogP contribution is 2.16. The molecule has 0 spiro atoms. The van der Waals surface area contributed by atoms with Crippen molar-refractivity contribution in [2.45, 2.75) is 34.1 Å². The van der Waals surface area contributed by atoms with E-state index in [2.05, 4.69) is 27.5 Å². The van der Waals surface area contributed by atoms with Crippen molar-refractivity contribution in [2.75, 3.05) is 23.7 Å². The predicted molar refractivity (Wildman–Crippen MR) is 77.0 cm³/mol. The molecule has 1 rings (SSSR count). The van der Waals surface area contributed by atoms with Crippen molar-refractivity contribution >= 4 is 17.7 Å². The number of nitrogens with zero attached hydrogens (tertiary/aromatic N) is 2. The molecular formula is C13H23N5O. The molecule has 19 heavy (non-hydrogen) atoms. The van der Waals surface area contributed by atoms with Crippen molar-refractivity contribution < 1.29 is 4.79 Å². The van der Waals surface area contributed by atoms with Crippen molar-refractivity contribution in [1.29, 1.82) is 0 Å². The van der Waals surface area contributed by atoms with Gasteiger partial charge in [-0.15, -0.1) is 0 Å². The molecule has 0 radical (unpaired) electrons. The van der Waals surface area contributed by atoms with E-state index < -0.39 is 5.41 Å². The van der Waals surface area contributed by atoms with Crippen LogP contribution in [0.25, 0.3) is 0 Å². The van der Waals surface area contributed by atoms with Gasteiger partial charge in [0, 0.05) is 24.8 Å². The van der Waals surface area contributed by atoms with Crippen molar-refractivity contribution in [1.82, 2.24) is 9.97 Å². The lowest BCUT2D eigenvalue weighted by molar-refractivity contribution is -0.125. The molecule has 0 saturated heterocycles. The lowest BCUT2D eigenvalue weighted by atomic mass is 9.93. The zero-order valence-corrected chi connectivity index (χ0v) is 12.1. The Bertz CT molecular complexity index is 445. The summed E-state index contributed by atoms with van der Waals surface area (Å²) in [5.74, 6) is 0.955. The first kappa shape index (κ1) is 15.2. The fourth-order valence-electron chi connectivity index (χ4n) is 1.37. The van der Waals surface area contributed by atoms with Gasteiger partial charge in [0.1, 0.15) is 5.82 Å². The van der Waals surface area contributed by atoms with Gasteiger partial charge in [0.2, 0.25) is 11.9 Å².